The molecule has 1 aromatic heterocycles. The van der Waals surface area contributed by atoms with E-state index >= 15 is 0 Å². The molecule has 0 saturated heterocycles. The summed E-state index contributed by atoms with van der Waals surface area (Å²) in [4.78, 5) is 17.4. The van der Waals surface area contributed by atoms with Crippen LogP contribution in [0.4, 0.5) is 0 Å². The molecule has 0 radical (unpaired) electrons. The van der Waals surface area contributed by atoms with Crippen LogP contribution in [0.5, 0.6) is 11.5 Å². The van der Waals surface area contributed by atoms with Crippen LogP contribution < -0.4 is 9.47 Å². The van der Waals surface area contributed by atoms with Gasteiger partial charge in [-0.3, -0.25) is 4.79 Å². The Kier molecular flexibility index (Phi) is 3.85. The molecule has 0 aliphatic heterocycles. The number of hydrogen-bond acceptors (Lipinski definition) is 5. The van der Waals surface area contributed by atoms with Crippen LogP contribution in [0.2, 0.25) is 0 Å². The molecule has 0 unspecified atom stereocenters. The first-order valence-electron chi connectivity index (χ1n) is 5.77. The molecule has 0 amide bonds. The molecule has 0 aliphatic carbocycles. The first kappa shape index (κ1) is 13.5. The summed E-state index contributed by atoms with van der Waals surface area (Å²) in [6.45, 7) is 3.73. The fourth-order valence-electron chi connectivity index (χ4n) is 1.85. The predicted molar refractivity (Wildman–Crippen MR) is 74.6 cm³/mol. The Morgan fingerprint density at radius 1 is 1.21 bits per heavy atom. The SMILES string of the molecule is COc1ccc(C(=O)c2sc(C)nc2C)c(OC)c1. The lowest BCUT2D eigenvalue weighted by Crippen LogP contribution is -2.04. The number of aromatic nitrogens is 1. The predicted octanol–water partition coefficient (Wildman–Crippen LogP) is 3.01. The normalized spacial score (nSPS) is 10.3. The van der Waals surface area contributed by atoms with Gasteiger partial charge in [0, 0.05) is 6.07 Å². The zero-order chi connectivity index (χ0) is 14.0. The van der Waals surface area contributed by atoms with Gasteiger partial charge in [0.1, 0.15) is 11.5 Å². The van der Waals surface area contributed by atoms with Crippen LogP contribution >= 0.6 is 11.3 Å². The summed E-state index contributed by atoms with van der Waals surface area (Å²) in [5.41, 5.74) is 1.28. The third-order valence-electron chi connectivity index (χ3n) is 2.76. The van der Waals surface area contributed by atoms with Crippen LogP contribution in [0.15, 0.2) is 18.2 Å². The number of nitrogens with zero attached hydrogens (tertiary/aromatic N) is 1. The first-order valence-corrected chi connectivity index (χ1v) is 6.59. The van der Waals surface area contributed by atoms with E-state index in [1.54, 1.807) is 25.3 Å². The van der Waals surface area contributed by atoms with Gasteiger partial charge in [-0.2, -0.15) is 0 Å². The number of carbonyl (C=O) groups excluding carboxylic acids is 1. The van der Waals surface area contributed by atoms with E-state index in [1.165, 1.54) is 18.4 Å². The van der Waals surface area contributed by atoms with E-state index in [2.05, 4.69) is 4.98 Å². The highest BCUT2D eigenvalue weighted by Crippen LogP contribution is 2.29. The molecule has 0 fully saturated rings. The number of methoxy groups -OCH3 is 2. The number of carbonyl (C=O) groups is 1. The number of rotatable bonds is 4. The third kappa shape index (κ3) is 2.61. The molecule has 5 heteroatoms. The highest BCUT2D eigenvalue weighted by Gasteiger charge is 2.19. The zero-order valence-electron chi connectivity index (χ0n) is 11.3. The van der Waals surface area contributed by atoms with Crippen molar-refractivity contribution in [3.63, 3.8) is 0 Å². The molecular formula is C14H15NO3S. The second-order valence-corrected chi connectivity index (χ2v) is 5.25. The average Bonchev–Trinajstić information content (AvgIpc) is 2.76. The molecule has 19 heavy (non-hydrogen) atoms. The summed E-state index contributed by atoms with van der Waals surface area (Å²) < 4.78 is 10.4. The van der Waals surface area contributed by atoms with E-state index in [0.717, 1.165) is 10.7 Å². The summed E-state index contributed by atoms with van der Waals surface area (Å²) in [5, 5.41) is 0.883. The quantitative estimate of drug-likeness (QED) is 0.806. The number of ketones is 1. The average molecular weight is 277 g/mol. The minimum absolute atomic E-state index is 0.0670. The number of ether oxygens (including phenoxy) is 2. The number of benzene rings is 1. The smallest absolute Gasteiger partial charge is 0.208 e. The Morgan fingerprint density at radius 3 is 2.47 bits per heavy atom. The maximum absolute atomic E-state index is 12.5. The van der Waals surface area contributed by atoms with Crippen molar-refractivity contribution < 1.29 is 14.3 Å². The number of aryl methyl sites for hydroxylation is 2. The standard InChI is InChI=1S/C14H15NO3S/c1-8-14(19-9(2)15-8)13(16)11-6-5-10(17-3)7-12(11)18-4/h5-7H,1-4H3. The monoisotopic (exact) mass is 277 g/mol. The minimum atomic E-state index is -0.0670. The van der Waals surface area contributed by atoms with Gasteiger partial charge in [-0.25, -0.2) is 4.98 Å². The Balaban J connectivity index is 2.46. The van der Waals surface area contributed by atoms with Crippen LogP contribution in [0, 0.1) is 13.8 Å². The third-order valence-corrected chi connectivity index (χ3v) is 3.83. The molecular weight excluding hydrogens is 262 g/mol. The lowest BCUT2D eigenvalue weighted by Gasteiger charge is -2.09. The van der Waals surface area contributed by atoms with Gasteiger partial charge in [0.05, 0.1) is 35.4 Å². The van der Waals surface area contributed by atoms with Crippen molar-refractivity contribution in [1.82, 2.24) is 4.98 Å². The van der Waals surface area contributed by atoms with Crippen molar-refractivity contribution in [3.8, 4) is 11.5 Å². The van der Waals surface area contributed by atoms with E-state index in [4.69, 9.17) is 9.47 Å². The summed E-state index contributed by atoms with van der Waals surface area (Å²) in [5.74, 6) is 1.10. The Labute approximate surface area is 116 Å². The van der Waals surface area contributed by atoms with Crippen molar-refractivity contribution in [2.45, 2.75) is 13.8 Å². The second-order valence-electron chi connectivity index (χ2n) is 4.04. The van der Waals surface area contributed by atoms with Gasteiger partial charge < -0.3 is 9.47 Å². The van der Waals surface area contributed by atoms with E-state index < -0.39 is 0 Å². The van der Waals surface area contributed by atoms with Gasteiger partial charge in [-0.15, -0.1) is 11.3 Å². The van der Waals surface area contributed by atoms with Crippen LogP contribution in [0.25, 0.3) is 0 Å². The molecule has 1 aromatic carbocycles. The summed E-state index contributed by atoms with van der Waals surface area (Å²) in [7, 11) is 3.11. The molecule has 0 aliphatic rings. The molecule has 100 valence electrons. The van der Waals surface area contributed by atoms with Crippen molar-refractivity contribution in [3.05, 3.63) is 39.3 Å². The van der Waals surface area contributed by atoms with E-state index in [1.807, 2.05) is 13.8 Å². The largest absolute Gasteiger partial charge is 0.497 e. The molecule has 2 rings (SSSR count). The molecule has 0 bridgehead atoms. The molecule has 2 aromatic rings. The molecule has 1 heterocycles. The molecule has 0 atom stereocenters. The lowest BCUT2D eigenvalue weighted by atomic mass is 10.1. The summed E-state index contributed by atoms with van der Waals surface area (Å²) in [6, 6.07) is 5.17. The highest BCUT2D eigenvalue weighted by molar-refractivity contribution is 7.14. The zero-order valence-corrected chi connectivity index (χ0v) is 12.1. The van der Waals surface area contributed by atoms with Crippen LogP contribution in [-0.4, -0.2) is 25.0 Å². The fourth-order valence-corrected chi connectivity index (χ4v) is 2.72. The summed E-state index contributed by atoms with van der Waals surface area (Å²) >= 11 is 1.40. The highest BCUT2D eigenvalue weighted by atomic mass is 32.1. The fraction of sp³-hybridized carbons (Fsp3) is 0.286. The van der Waals surface area contributed by atoms with Gasteiger partial charge in [0.25, 0.3) is 0 Å². The lowest BCUT2D eigenvalue weighted by molar-refractivity contribution is 0.103. The van der Waals surface area contributed by atoms with Gasteiger partial charge in [0.15, 0.2) is 0 Å². The second kappa shape index (κ2) is 5.40. The van der Waals surface area contributed by atoms with Crippen molar-refractivity contribution in [2.24, 2.45) is 0 Å². The van der Waals surface area contributed by atoms with Gasteiger partial charge >= 0.3 is 0 Å². The molecule has 0 spiro atoms. The van der Waals surface area contributed by atoms with Crippen LogP contribution in [0.1, 0.15) is 25.9 Å². The van der Waals surface area contributed by atoms with E-state index in [9.17, 15) is 4.79 Å². The maximum Gasteiger partial charge on any atom is 0.208 e. The molecule has 4 nitrogen and oxygen atoms in total. The van der Waals surface area contributed by atoms with Crippen LogP contribution in [-0.2, 0) is 0 Å². The Morgan fingerprint density at radius 2 is 1.95 bits per heavy atom. The van der Waals surface area contributed by atoms with E-state index in [-0.39, 0.29) is 5.78 Å². The van der Waals surface area contributed by atoms with E-state index in [0.29, 0.717) is 21.9 Å². The van der Waals surface area contributed by atoms with Crippen molar-refractivity contribution in [2.75, 3.05) is 14.2 Å². The number of hydrogen-bond donors (Lipinski definition) is 0. The number of thiazole rings is 1. The van der Waals surface area contributed by atoms with Gasteiger partial charge in [-0.05, 0) is 26.0 Å². The van der Waals surface area contributed by atoms with Gasteiger partial charge in [0.2, 0.25) is 5.78 Å². The molecule has 0 N–H and O–H groups in total. The Hall–Kier alpha value is -1.88. The summed E-state index contributed by atoms with van der Waals surface area (Å²) in [6.07, 6.45) is 0. The Bertz CT molecular complexity index is 619. The maximum atomic E-state index is 12.5. The van der Waals surface area contributed by atoms with Gasteiger partial charge in [-0.1, -0.05) is 0 Å². The van der Waals surface area contributed by atoms with Crippen LogP contribution in [0.3, 0.4) is 0 Å². The van der Waals surface area contributed by atoms with Crippen molar-refractivity contribution >= 4 is 17.1 Å². The topological polar surface area (TPSA) is 48.4 Å². The van der Waals surface area contributed by atoms with Crippen molar-refractivity contribution in [1.29, 1.82) is 0 Å². The molecule has 0 saturated carbocycles. The minimum Gasteiger partial charge on any atom is -0.497 e. The first-order chi connectivity index (χ1) is 9.06.